The van der Waals surface area contributed by atoms with E-state index in [1.165, 1.54) is 4.90 Å². The van der Waals surface area contributed by atoms with Gasteiger partial charge in [-0.05, 0) is 12.0 Å². The van der Waals surface area contributed by atoms with Crippen LogP contribution in [0.3, 0.4) is 0 Å². The molecule has 0 spiro atoms. The van der Waals surface area contributed by atoms with Crippen LogP contribution in [0.4, 0.5) is 0 Å². The first-order chi connectivity index (χ1) is 11.3. The maximum Gasteiger partial charge on any atom is 0.349 e. The molecule has 2 rings (SSSR count). The van der Waals surface area contributed by atoms with Gasteiger partial charge in [-0.15, -0.1) is 0 Å². The molecule has 8 nitrogen and oxygen atoms in total. The van der Waals surface area contributed by atoms with Crippen LogP contribution in [0.2, 0.25) is 0 Å². The molecule has 0 saturated carbocycles. The largest absolute Gasteiger partial charge is 0.478 e. The second-order valence-corrected chi connectivity index (χ2v) is 5.72. The second kappa shape index (κ2) is 7.29. The molecule has 0 aromatic carbocycles. The molecule has 1 aliphatic carbocycles. The highest BCUT2D eigenvalue weighted by molar-refractivity contribution is 5.91. The van der Waals surface area contributed by atoms with Crippen LogP contribution in [0.1, 0.15) is 20.3 Å². The molecule has 24 heavy (non-hydrogen) atoms. The lowest BCUT2D eigenvalue weighted by Crippen LogP contribution is -2.50. The minimum absolute atomic E-state index is 0.175. The lowest BCUT2D eigenvalue weighted by Gasteiger charge is -2.26. The molecule has 0 radical (unpaired) electrons. The van der Waals surface area contributed by atoms with Gasteiger partial charge in [-0.25, -0.2) is 4.79 Å². The third-order valence-corrected chi connectivity index (χ3v) is 3.86. The normalized spacial score (nSPS) is 21.3. The molecule has 1 unspecified atom stereocenters. The summed E-state index contributed by atoms with van der Waals surface area (Å²) in [6, 6.07) is 0. The van der Waals surface area contributed by atoms with Gasteiger partial charge in [0.1, 0.15) is 0 Å². The molecule has 1 amide bonds. The van der Waals surface area contributed by atoms with Crippen LogP contribution in [0.25, 0.3) is 0 Å². The summed E-state index contributed by atoms with van der Waals surface area (Å²) in [7, 11) is 0. The van der Waals surface area contributed by atoms with E-state index in [9.17, 15) is 24.3 Å². The molecular formula is C16H19NO7. The molecule has 8 heteroatoms. The Hall–Kier alpha value is -2.64. The van der Waals surface area contributed by atoms with Gasteiger partial charge in [0.05, 0.1) is 0 Å². The van der Waals surface area contributed by atoms with Crippen LogP contribution in [0.15, 0.2) is 23.8 Å². The number of aliphatic carboxylic acids is 1. The van der Waals surface area contributed by atoms with Crippen molar-refractivity contribution in [3.05, 3.63) is 23.8 Å². The number of fused-ring (bicyclic) bond motifs is 1. The maximum absolute atomic E-state index is 12.7. The number of amides is 1. The van der Waals surface area contributed by atoms with Gasteiger partial charge in [0.2, 0.25) is 12.2 Å². The van der Waals surface area contributed by atoms with Gasteiger partial charge in [-0.2, -0.15) is 0 Å². The van der Waals surface area contributed by atoms with E-state index in [-0.39, 0.29) is 5.92 Å². The Morgan fingerprint density at radius 3 is 2.33 bits per heavy atom. The summed E-state index contributed by atoms with van der Waals surface area (Å²) in [5, 5.41) is 9.24. The highest BCUT2D eigenvalue weighted by Crippen LogP contribution is 2.29. The van der Waals surface area contributed by atoms with E-state index in [0.29, 0.717) is 13.1 Å². The number of carbonyl (C=O) groups is 4. The fourth-order valence-corrected chi connectivity index (χ4v) is 2.84. The van der Waals surface area contributed by atoms with E-state index in [1.54, 1.807) is 0 Å². The number of hydrogen-bond acceptors (Lipinski definition) is 6. The Kier molecular flexibility index (Phi) is 5.38. The van der Waals surface area contributed by atoms with E-state index in [0.717, 1.165) is 25.8 Å². The Labute approximate surface area is 138 Å². The summed E-state index contributed by atoms with van der Waals surface area (Å²) in [5.74, 6) is -3.77. The molecule has 130 valence electrons. The number of carboxylic acid groups (broad SMARTS) is 1. The highest BCUT2D eigenvalue weighted by atomic mass is 16.6. The first-order valence-corrected chi connectivity index (χ1v) is 7.51. The molecule has 2 aliphatic rings. The molecule has 3 atom stereocenters. The van der Waals surface area contributed by atoms with E-state index >= 15 is 0 Å². The summed E-state index contributed by atoms with van der Waals surface area (Å²) in [6.45, 7) is 2.81. The average Bonchev–Trinajstić information content (AvgIpc) is 2.93. The van der Waals surface area contributed by atoms with Gasteiger partial charge in [0.25, 0.3) is 5.91 Å². The molecule has 0 aromatic heterocycles. The van der Waals surface area contributed by atoms with Gasteiger partial charge < -0.3 is 19.5 Å². The third kappa shape index (κ3) is 4.01. The first-order valence-electron chi connectivity index (χ1n) is 7.51. The standard InChI is InChI=1S/C16H19NO7/c1-9(18)23-13(14(16(21)22)24-10(2)19)15(20)17-7-11-5-3-4-6-12(11)8-17/h3-5,12-14H,6-8H2,1-2H3,(H,21,22)/t12?,13-,14-/m1/s1. The number of carbonyl (C=O) groups excluding carboxylic acids is 3. The molecule has 1 heterocycles. The van der Waals surface area contributed by atoms with Gasteiger partial charge in [0, 0.05) is 32.9 Å². The zero-order chi connectivity index (χ0) is 17.9. The molecular weight excluding hydrogens is 318 g/mol. The minimum atomic E-state index is -1.88. The van der Waals surface area contributed by atoms with Crippen molar-refractivity contribution in [3.63, 3.8) is 0 Å². The van der Waals surface area contributed by atoms with Crippen molar-refractivity contribution in [1.82, 2.24) is 4.90 Å². The SMILES string of the molecule is CC(=O)O[C@@H](C(=O)O)[C@@H](OC(C)=O)C(=O)N1CC2=CC=CCC2C1. The van der Waals surface area contributed by atoms with Gasteiger partial charge in [0.15, 0.2) is 0 Å². The molecule has 0 bridgehead atoms. The predicted octanol–water partition coefficient (Wildman–Crippen LogP) is 0.279. The Bertz CT molecular complexity index is 622. The van der Waals surface area contributed by atoms with Gasteiger partial charge in [-0.1, -0.05) is 18.2 Å². The molecule has 1 aliphatic heterocycles. The van der Waals surface area contributed by atoms with Crippen molar-refractivity contribution in [2.45, 2.75) is 32.5 Å². The Balaban J connectivity index is 2.20. The monoisotopic (exact) mass is 337 g/mol. The van der Waals surface area contributed by atoms with E-state index in [1.807, 2.05) is 18.2 Å². The van der Waals surface area contributed by atoms with Crippen LogP contribution >= 0.6 is 0 Å². The van der Waals surface area contributed by atoms with Crippen molar-refractivity contribution >= 4 is 23.8 Å². The van der Waals surface area contributed by atoms with Crippen molar-refractivity contribution in [3.8, 4) is 0 Å². The summed E-state index contributed by atoms with van der Waals surface area (Å²) in [5.41, 5.74) is 1.06. The number of allylic oxidation sites excluding steroid dienone is 3. The van der Waals surface area contributed by atoms with E-state index in [2.05, 4.69) is 4.74 Å². The average molecular weight is 337 g/mol. The van der Waals surface area contributed by atoms with E-state index in [4.69, 9.17) is 4.74 Å². The topological polar surface area (TPSA) is 110 Å². The number of carboxylic acids is 1. The third-order valence-electron chi connectivity index (χ3n) is 3.86. The number of nitrogens with zero attached hydrogens (tertiary/aromatic N) is 1. The highest BCUT2D eigenvalue weighted by Gasteiger charge is 2.43. The van der Waals surface area contributed by atoms with Gasteiger partial charge >= 0.3 is 17.9 Å². The van der Waals surface area contributed by atoms with E-state index < -0.39 is 36.0 Å². The van der Waals surface area contributed by atoms with Gasteiger partial charge in [-0.3, -0.25) is 14.4 Å². The number of likely N-dealkylation sites (tertiary alicyclic amines) is 1. The summed E-state index contributed by atoms with van der Waals surface area (Å²) >= 11 is 0. The van der Waals surface area contributed by atoms with Crippen LogP contribution < -0.4 is 0 Å². The van der Waals surface area contributed by atoms with Crippen molar-refractivity contribution in [2.75, 3.05) is 13.1 Å². The second-order valence-electron chi connectivity index (χ2n) is 5.72. The lowest BCUT2D eigenvalue weighted by atomic mass is 9.95. The Morgan fingerprint density at radius 1 is 1.17 bits per heavy atom. The van der Waals surface area contributed by atoms with Crippen LogP contribution in [-0.4, -0.2) is 59.1 Å². The molecule has 1 saturated heterocycles. The smallest absolute Gasteiger partial charge is 0.349 e. The molecule has 0 aromatic rings. The molecule has 1 fully saturated rings. The van der Waals surface area contributed by atoms with Crippen molar-refractivity contribution < 1.29 is 33.8 Å². The quantitative estimate of drug-likeness (QED) is 0.717. The summed E-state index contributed by atoms with van der Waals surface area (Å²) in [4.78, 5) is 47.9. The number of esters is 2. The number of ether oxygens (including phenoxy) is 2. The number of hydrogen-bond donors (Lipinski definition) is 1. The maximum atomic E-state index is 12.7. The van der Waals surface area contributed by atoms with Crippen LogP contribution in [0.5, 0.6) is 0 Å². The Morgan fingerprint density at radius 2 is 1.79 bits per heavy atom. The lowest BCUT2D eigenvalue weighted by molar-refractivity contribution is -0.183. The zero-order valence-electron chi connectivity index (χ0n) is 13.4. The summed E-state index contributed by atoms with van der Waals surface area (Å²) < 4.78 is 9.56. The zero-order valence-corrected chi connectivity index (χ0v) is 13.4. The van der Waals surface area contributed by atoms with Crippen molar-refractivity contribution in [2.24, 2.45) is 5.92 Å². The number of rotatable bonds is 5. The van der Waals surface area contributed by atoms with Crippen LogP contribution in [-0.2, 0) is 28.7 Å². The fraction of sp³-hybridized carbons (Fsp3) is 0.500. The van der Waals surface area contributed by atoms with Crippen molar-refractivity contribution in [1.29, 1.82) is 0 Å². The molecule has 1 N–H and O–H groups in total. The summed E-state index contributed by atoms with van der Waals surface area (Å²) in [6.07, 6.45) is 3.02. The van der Waals surface area contributed by atoms with Crippen LogP contribution in [0, 0.1) is 5.92 Å². The fourth-order valence-electron chi connectivity index (χ4n) is 2.84. The predicted molar refractivity (Wildman–Crippen MR) is 80.7 cm³/mol. The first kappa shape index (κ1) is 17.7. The minimum Gasteiger partial charge on any atom is -0.478 e.